The lowest BCUT2D eigenvalue weighted by molar-refractivity contribution is 0.00373. The first-order chi connectivity index (χ1) is 36.0. The van der Waals surface area contributed by atoms with E-state index in [9.17, 15) is 28.5 Å². The van der Waals surface area contributed by atoms with Crippen LogP contribution < -0.4 is 21.7 Å². The second kappa shape index (κ2) is 24.0. The molecule has 400 valence electrons. The van der Waals surface area contributed by atoms with Crippen LogP contribution in [-0.4, -0.2) is 97.5 Å². The molecule has 2 aromatic carbocycles. The Hall–Kier alpha value is -7.46. The van der Waals surface area contributed by atoms with Gasteiger partial charge in [-0.1, -0.05) is 24.3 Å². The van der Waals surface area contributed by atoms with Gasteiger partial charge in [0.15, 0.2) is 11.3 Å². The maximum Gasteiger partial charge on any atom is 0.420 e. The van der Waals surface area contributed by atoms with Crippen molar-refractivity contribution < 1.29 is 27.5 Å². The number of nitriles is 2. The zero-order valence-electron chi connectivity index (χ0n) is 44.8. The minimum Gasteiger partial charge on any atom is -0.443 e. The standard InChI is InChI=1S/C33H42N6O5S.C22H25N7OS/c1-21(13-14-38(30(40)43-32(2,3)4)31(41)44-33(5,6)7)27-12-11-25(16-23(27)20-45(8)42)36-28-17-26(15-22-9-10-22)39-29(37-28)24(18-34)19-35-39;1-14(7-8-23)19-6-5-18(9-15(19)13-31(2)30)26-20-10-21(27-17-3-4-17)29-22(28-20)16(11-24)12-25-29/h11-13,16-17,19,22H,9-10,14-15,20H2,1-8H3,(H,36,37);5-7,9-10,12,17,27H,3-4,8,13,23H2,1-2H3,(H,26,28)/b21-13+;14-7+. The number of carbonyl (C=O) groups excluding carboxylic acids is 2. The molecule has 76 heavy (non-hydrogen) atoms. The zero-order valence-corrected chi connectivity index (χ0v) is 46.4. The van der Waals surface area contributed by atoms with Crippen molar-refractivity contribution in [2.24, 2.45) is 11.7 Å². The van der Waals surface area contributed by atoms with Crippen molar-refractivity contribution in [3.63, 3.8) is 0 Å². The van der Waals surface area contributed by atoms with Crippen LogP contribution in [0.3, 0.4) is 0 Å². The molecule has 8 rings (SSSR count). The van der Waals surface area contributed by atoms with Gasteiger partial charge in [0.2, 0.25) is 0 Å². The van der Waals surface area contributed by atoms with Crippen LogP contribution in [0.25, 0.3) is 22.4 Å². The van der Waals surface area contributed by atoms with Crippen molar-refractivity contribution in [3.8, 4) is 12.1 Å². The van der Waals surface area contributed by atoms with Crippen molar-refractivity contribution in [2.75, 3.05) is 41.6 Å². The van der Waals surface area contributed by atoms with Crippen molar-refractivity contribution in [2.45, 2.75) is 116 Å². The van der Waals surface area contributed by atoms with E-state index in [1.54, 1.807) is 69.2 Å². The van der Waals surface area contributed by atoms with Crippen LogP contribution in [0.5, 0.6) is 0 Å². The highest BCUT2D eigenvalue weighted by molar-refractivity contribution is 7.83. The van der Waals surface area contributed by atoms with E-state index in [1.165, 1.54) is 25.2 Å². The molecule has 2 amide bonds. The van der Waals surface area contributed by atoms with E-state index in [1.807, 2.05) is 68.5 Å². The summed E-state index contributed by atoms with van der Waals surface area (Å²) in [7, 11) is -2.13. The molecular formula is C55H67N13O6S2. The number of nitrogens with one attached hydrogen (secondary N) is 3. The molecule has 2 aliphatic carbocycles. The Bertz CT molecular complexity index is 3320. The van der Waals surface area contributed by atoms with Crippen LogP contribution in [0.15, 0.2) is 73.1 Å². The van der Waals surface area contributed by atoms with Crippen molar-refractivity contribution in [1.29, 1.82) is 10.5 Å². The molecule has 0 bridgehead atoms. The highest BCUT2D eigenvalue weighted by Gasteiger charge is 2.31. The second-order valence-electron chi connectivity index (χ2n) is 21.0. The third-order valence-electron chi connectivity index (χ3n) is 11.9. The van der Waals surface area contributed by atoms with Crippen molar-refractivity contribution in [1.82, 2.24) is 34.1 Å². The number of benzene rings is 2. The van der Waals surface area contributed by atoms with E-state index in [4.69, 9.17) is 15.2 Å². The molecule has 2 fully saturated rings. The molecule has 2 aliphatic rings. The molecule has 5 N–H and O–H groups in total. The first kappa shape index (κ1) is 56.3. The number of imide groups is 1. The van der Waals surface area contributed by atoms with Gasteiger partial charge in [0.1, 0.15) is 51.9 Å². The van der Waals surface area contributed by atoms with E-state index < -0.39 is 45.0 Å². The van der Waals surface area contributed by atoms with Gasteiger partial charge in [-0.2, -0.15) is 25.2 Å². The van der Waals surface area contributed by atoms with Gasteiger partial charge in [-0.25, -0.2) is 29.0 Å². The van der Waals surface area contributed by atoms with Crippen LogP contribution in [-0.2, 0) is 49.0 Å². The molecule has 4 heterocycles. The van der Waals surface area contributed by atoms with Gasteiger partial charge in [0, 0.05) is 87.4 Å². The summed E-state index contributed by atoms with van der Waals surface area (Å²) in [4.78, 5) is 36.1. The fourth-order valence-electron chi connectivity index (χ4n) is 8.14. The molecule has 4 aromatic heterocycles. The SMILES string of the molecule is C/C(=C\CN(C(=O)OC(C)(C)C)C(=O)OC(C)(C)C)c1ccc(Nc2cc(CC3CC3)n3ncc(C#N)c3n2)cc1CS(C)=O.C/C(=C\CN)c1ccc(Nc2cc(NC3CC3)n3ncc(C#N)c3n2)cc1CS(C)=O. The summed E-state index contributed by atoms with van der Waals surface area (Å²) in [6.45, 7) is 14.6. The molecule has 19 nitrogen and oxygen atoms in total. The minimum absolute atomic E-state index is 0.0788. The number of hydrogen-bond acceptors (Lipinski definition) is 16. The number of aromatic nitrogens is 6. The number of anilines is 5. The van der Waals surface area contributed by atoms with Crippen LogP contribution in [0.2, 0.25) is 0 Å². The zero-order chi connectivity index (χ0) is 55.1. The lowest BCUT2D eigenvalue weighted by atomic mass is 10.0. The summed E-state index contributed by atoms with van der Waals surface area (Å²) < 4.78 is 38.7. The summed E-state index contributed by atoms with van der Waals surface area (Å²) in [5.74, 6) is 3.34. The minimum atomic E-state index is -1.15. The molecule has 0 radical (unpaired) electrons. The molecule has 0 aliphatic heterocycles. The quantitative estimate of drug-likeness (QED) is 0.0662. The Morgan fingerprint density at radius 1 is 0.750 bits per heavy atom. The van der Waals surface area contributed by atoms with E-state index in [-0.39, 0.29) is 6.54 Å². The molecule has 0 saturated heterocycles. The number of carbonyl (C=O) groups is 2. The number of amides is 2. The van der Waals surface area contributed by atoms with Crippen molar-refractivity contribution in [3.05, 3.63) is 112 Å². The van der Waals surface area contributed by atoms with Crippen LogP contribution in [0.4, 0.5) is 38.4 Å². The largest absolute Gasteiger partial charge is 0.443 e. The Morgan fingerprint density at radius 3 is 1.70 bits per heavy atom. The third kappa shape index (κ3) is 15.3. The van der Waals surface area contributed by atoms with E-state index in [2.05, 4.69) is 48.3 Å². The first-order valence-electron chi connectivity index (χ1n) is 25.0. The average molecular weight is 1070 g/mol. The average Bonchev–Trinajstić information content (AvgIpc) is 4.25. The summed E-state index contributed by atoms with van der Waals surface area (Å²) in [6, 6.07) is 20.3. The molecule has 6 aromatic rings. The molecule has 2 unspecified atom stereocenters. The summed E-state index contributed by atoms with van der Waals surface area (Å²) in [5.41, 5.74) is 13.9. The van der Waals surface area contributed by atoms with Crippen molar-refractivity contribution >= 4 is 85.1 Å². The Kier molecular flexibility index (Phi) is 17.8. The number of nitrogens with zero attached hydrogens (tertiary/aromatic N) is 9. The van der Waals surface area contributed by atoms with Gasteiger partial charge in [-0.3, -0.25) is 8.42 Å². The molecule has 0 spiro atoms. The third-order valence-corrected chi connectivity index (χ3v) is 13.4. The summed E-state index contributed by atoms with van der Waals surface area (Å²) in [6.07, 6.45) is 13.9. The number of ether oxygens (including phenoxy) is 2. The normalized spacial score (nSPS) is 14.7. The molecular weight excluding hydrogens is 1000 g/mol. The monoisotopic (exact) mass is 1070 g/mol. The van der Waals surface area contributed by atoms with Gasteiger partial charge < -0.3 is 31.2 Å². The fourth-order valence-corrected chi connectivity index (χ4v) is 9.50. The lowest BCUT2D eigenvalue weighted by Crippen LogP contribution is -2.43. The van der Waals surface area contributed by atoms with Gasteiger partial charge in [0.05, 0.1) is 18.9 Å². The Labute approximate surface area is 448 Å². The first-order valence-corrected chi connectivity index (χ1v) is 28.5. The summed E-state index contributed by atoms with van der Waals surface area (Å²) in [5, 5.41) is 37.8. The highest BCUT2D eigenvalue weighted by Crippen LogP contribution is 2.35. The number of allylic oxidation sites excluding steroid dienone is 2. The summed E-state index contributed by atoms with van der Waals surface area (Å²) >= 11 is 0. The number of rotatable bonds is 17. The van der Waals surface area contributed by atoms with E-state index in [0.717, 1.165) is 80.4 Å². The highest BCUT2D eigenvalue weighted by atomic mass is 32.2. The molecule has 2 saturated carbocycles. The fraction of sp³-hybridized carbons (Fsp3) is 0.418. The number of hydrogen-bond donors (Lipinski definition) is 4. The molecule has 2 atom stereocenters. The number of fused-ring (bicyclic) bond motifs is 2. The Morgan fingerprint density at radius 2 is 1.24 bits per heavy atom. The van der Waals surface area contributed by atoms with Gasteiger partial charge in [0.25, 0.3) is 0 Å². The van der Waals surface area contributed by atoms with Crippen LogP contribution >= 0.6 is 0 Å². The predicted molar refractivity (Wildman–Crippen MR) is 299 cm³/mol. The predicted octanol–water partition coefficient (Wildman–Crippen LogP) is 9.91. The number of nitrogens with two attached hydrogens (primary N) is 1. The van der Waals surface area contributed by atoms with Gasteiger partial charge >= 0.3 is 12.2 Å². The van der Waals surface area contributed by atoms with E-state index in [0.29, 0.717) is 64.1 Å². The van der Waals surface area contributed by atoms with Gasteiger partial charge in [-0.05, 0) is 151 Å². The Balaban J connectivity index is 0.000000236. The topological polar surface area (TPSA) is 260 Å². The smallest absolute Gasteiger partial charge is 0.420 e. The molecule has 21 heteroatoms. The van der Waals surface area contributed by atoms with Gasteiger partial charge in [-0.15, -0.1) is 0 Å². The lowest BCUT2D eigenvalue weighted by Gasteiger charge is -2.28. The van der Waals surface area contributed by atoms with E-state index >= 15 is 0 Å². The second-order valence-corrected chi connectivity index (χ2v) is 23.9. The maximum atomic E-state index is 13.0. The van der Waals surface area contributed by atoms with Crippen LogP contribution in [0.1, 0.15) is 120 Å². The maximum absolute atomic E-state index is 13.0. The van der Waals surface area contributed by atoms with Crippen LogP contribution in [0, 0.1) is 28.6 Å².